The summed E-state index contributed by atoms with van der Waals surface area (Å²) >= 11 is 13.7. The lowest BCUT2D eigenvalue weighted by Gasteiger charge is -2.09. The van der Waals surface area contributed by atoms with Crippen LogP contribution in [0, 0.1) is 0 Å². The van der Waals surface area contributed by atoms with Crippen molar-refractivity contribution >= 4 is 35.0 Å². The number of hydrogen-bond acceptors (Lipinski definition) is 4. The zero-order valence-electron chi connectivity index (χ0n) is 13.5. The van der Waals surface area contributed by atoms with Gasteiger partial charge in [-0.1, -0.05) is 59.2 Å². The zero-order chi connectivity index (χ0) is 17.9. The minimum atomic E-state index is 0.547. The fourth-order valence-electron chi connectivity index (χ4n) is 2.52. The van der Waals surface area contributed by atoms with Crippen molar-refractivity contribution in [3.8, 4) is 17.3 Å². The van der Waals surface area contributed by atoms with E-state index in [9.17, 15) is 0 Å². The van der Waals surface area contributed by atoms with Crippen molar-refractivity contribution in [2.45, 2.75) is 10.9 Å². The molecule has 0 bridgehead atoms. The molecular weight excluding hydrogens is 389 g/mol. The third-order valence-electron chi connectivity index (χ3n) is 3.74. The molecular formula is C19H13Cl2N3OS. The van der Waals surface area contributed by atoms with Crippen LogP contribution < -0.4 is 0 Å². The van der Waals surface area contributed by atoms with Crippen molar-refractivity contribution in [3.05, 3.63) is 82.5 Å². The lowest BCUT2D eigenvalue weighted by Crippen LogP contribution is -1.99. The van der Waals surface area contributed by atoms with Crippen LogP contribution in [-0.2, 0) is 5.75 Å². The van der Waals surface area contributed by atoms with E-state index in [0.717, 1.165) is 16.4 Å². The average molecular weight is 402 g/mol. The normalized spacial score (nSPS) is 11.0. The average Bonchev–Trinajstić information content (AvgIpc) is 3.32. The molecule has 0 aliphatic carbocycles. The highest BCUT2D eigenvalue weighted by Gasteiger charge is 2.18. The quantitative estimate of drug-likeness (QED) is 0.377. The molecule has 0 spiro atoms. The molecule has 4 nitrogen and oxygen atoms in total. The van der Waals surface area contributed by atoms with E-state index in [1.165, 1.54) is 0 Å². The molecule has 0 unspecified atom stereocenters. The number of halogens is 2. The van der Waals surface area contributed by atoms with Crippen LogP contribution in [0.3, 0.4) is 0 Å². The van der Waals surface area contributed by atoms with Gasteiger partial charge in [0.1, 0.15) is 0 Å². The topological polar surface area (TPSA) is 43.9 Å². The minimum Gasteiger partial charge on any atom is -0.461 e. The van der Waals surface area contributed by atoms with Crippen LogP contribution in [0.15, 0.2) is 76.5 Å². The maximum absolute atomic E-state index is 6.11. The molecule has 0 aliphatic rings. The van der Waals surface area contributed by atoms with Gasteiger partial charge in [-0.05, 0) is 42.0 Å². The molecule has 4 rings (SSSR count). The second-order valence-electron chi connectivity index (χ2n) is 5.49. The van der Waals surface area contributed by atoms with E-state index in [0.29, 0.717) is 27.4 Å². The molecule has 26 heavy (non-hydrogen) atoms. The Morgan fingerprint density at radius 3 is 2.50 bits per heavy atom. The zero-order valence-corrected chi connectivity index (χ0v) is 15.8. The number of benzene rings is 2. The van der Waals surface area contributed by atoms with Gasteiger partial charge < -0.3 is 4.42 Å². The van der Waals surface area contributed by atoms with Gasteiger partial charge in [0.2, 0.25) is 5.82 Å². The van der Waals surface area contributed by atoms with Gasteiger partial charge in [0, 0.05) is 11.4 Å². The number of hydrogen-bond donors (Lipinski definition) is 0. The summed E-state index contributed by atoms with van der Waals surface area (Å²) in [6.45, 7) is 0. The molecule has 0 amide bonds. The number of aromatic nitrogens is 3. The Labute approximate surface area is 164 Å². The van der Waals surface area contributed by atoms with Gasteiger partial charge in [-0.2, -0.15) is 0 Å². The summed E-state index contributed by atoms with van der Waals surface area (Å²) in [6, 6.07) is 19.3. The smallest absolute Gasteiger partial charge is 0.205 e. The fourth-order valence-corrected chi connectivity index (χ4v) is 3.73. The highest BCUT2D eigenvalue weighted by atomic mass is 35.5. The van der Waals surface area contributed by atoms with Gasteiger partial charge in [-0.25, -0.2) is 0 Å². The first-order valence-corrected chi connectivity index (χ1v) is 9.58. The van der Waals surface area contributed by atoms with Gasteiger partial charge in [-0.3, -0.25) is 4.57 Å². The molecule has 4 aromatic rings. The van der Waals surface area contributed by atoms with Crippen LogP contribution in [0.4, 0.5) is 0 Å². The predicted molar refractivity (Wildman–Crippen MR) is 105 cm³/mol. The van der Waals surface area contributed by atoms with Crippen molar-refractivity contribution < 1.29 is 4.42 Å². The van der Waals surface area contributed by atoms with Crippen molar-refractivity contribution in [3.63, 3.8) is 0 Å². The first kappa shape index (κ1) is 17.2. The molecule has 7 heteroatoms. The summed E-state index contributed by atoms with van der Waals surface area (Å²) < 4.78 is 7.51. The van der Waals surface area contributed by atoms with Crippen molar-refractivity contribution in [2.75, 3.05) is 0 Å². The lowest BCUT2D eigenvalue weighted by molar-refractivity contribution is 0.575. The molecule has 2 aromatic heterocycles. The van der Waals surface area contributed by atoms with Gasteiger partial charge in [0.25, 0.3) is 0 Å². The summed E-state index contributed by atoms with van der Waals surface area (Å²) in [5.41, 5.74) is 2.03. The number of furan rings is 1. The number of thioether (sulfide) groups is 1. The number of para-hydroxylation sites is 1. The third kappa shape index (κ3) is 3.51. The summed E-state index contributed by atoms with van der Waals surface area (Å²) in [6.07, 6.45) is 1.63. The summed E-state index contributed by atoms with van der Waals surface area (Å²) in [7, 11) is 0. The molecule has 0 fully saturated rings. The van der Waals surface area contributed by atoms with Gasteiger partial charge in [-0.15, -0.1) is 10.2 Å². The molecule has 0 saturated carbocycles. The van der Waals surface area contributed by atoms with E-state index in [1.807, 2.05) is 59.2 Å². The van der Waals surface area contributed by atoms with Gasteiger partial charge >= 0.3 is 0 Å². The Hall–Kier alpha value is -2.21. The maximum Gasteiger partial charge on any atom is 0.205 e. The van der Waals surface area contributed by atoms with Crippen molar-refractivity contribution in [1.82, 2.24) is 14.8 Å². The van der Waals surface area contributed by atoms with Crippen LogP contribution >= 0.6 is 35.0 Å². The van der Waals surface area contributed by atoms with Crippen LogP contribution in [0.1, 0.15) is 5.56 Å². The Balaban J connectivity index is 1.68. The molecule has 0 N–H and O–H groups in total. The van der Waals surface area contributed by atoms with Crippen molar-refractivity contribution in [2.24, 2.45) is 0 Å². The molecule has 0 aliphatic heterocycles. The third-order valence-corrected chi connectivity index (χ3v) is 5.48. The summed E-state index contributed by atoms with van der Waals surface area (Å²) in [4.78, 5) is 0. The second-order valence-corrected chi connectivity index (χ2v) is 7.25. The summed E-state index contributed by atoms with van der Waals surface area (Å²) in [5.74, 6) is 2.03. The Morgan fingerprint density at radius 2 is 1.77 bits per heavy atom. The van der Waals surface area contributed by atoms with Crippen LogP contribution in [0.2, 0.25) is 10.0 Å². The molecule has 0 saturated heterocycles. The lowest BCUT2D eigenvalue weighted by atomic mass is 10.2. The van der Waals surface area contributed by atoms with Crippen LogP contribution in [0.5, 0.6) is 0 Å². The molecule has 0 atom stereocenters. The molecule has 2 heterocycles. The van der Waals surface area contributed by atoms with Gasteiger partial charge in [0.15, 0.2) is 10.9 Å². The van der Waals surface area contributed by atoms with Gasteiger partial charge in [0.05, 0.1) is 16.3 Å². The van der Waals surface area contributed by atoms with Crippen molar-refractivity contribution in [1.29, 1.82) is 0 Å². The largest absolute Gasteiger partial charge is 0.461 e. The van der Waals surface area contributed by atoms with E-state index in [2.05, 4.69) is 10.2 Å². The minimum absolute atomic E-state index is 0.547. The standard InChI is InChI=1S/C19H13Cl2N3OS/c20-15-9-8-13(11-16(15)21)12-26-19-23-22-18(17-7-4-10-25-17)24(19)14-5-2-1-3-6-14/h1-11H,12H2. The van der Waals surface area contributed by atoms with E-state index in [4.69, 9.17) is 27.6 Å². The predicted octanol–water partition coefficient (Wildman–Crippen LogP) is 6.13. The maximum atomic E-state index is 6.11. The SMILES string of the molecule is Clc1ccc(CSc2nnc(-c3ccco3)n2-c2ccccc2)cc1Cl. The fraction of sp³-hybridized carbons (Fsp3) is 0.0526. The Kier molecular flexibility index (Phi) is 5.02. The van der Waals surface area contributed by atoms with E-state index in [-0.39, 0.29) is 0 Å². The highest BCUT2D eigenvalue weighted by molar-refractivity contribution is 7.98. The number of nitrogens with zero attached hydrogens (tertiary/aromatic N) is 3. The molecule has 0 radical (unpaired) electrons. The van der Waals surface area contributed by atoms with Crippen LogP contribution in [-0.4, -0.2) is 14.8 Å². The first-order chi connectivity index (χ1) is 12.7. The first-order valence-electron chi connectivity index (χ1n) is 7.84. The second kappa shape index (κ2) is 7.58. The number of rotatable bonds is 5. The summed E-state index contributed by atoms with van der Waals surface area (Å²) in [5, 5.41) is 10.6. The monoisotopic (exact) mass is 401 g/mol. The molecule has 2 aromatic carbocycles. The molecule has 130 valence electrons. The van der Waals surface area contributed by atoms with E-state index < -0.39 is 0 Å². The van der Waals surface area contributed by atoms with E-state index >= 15 is 0 Å². The Bertz CT molecular complexity index is 1020. The van der Waals surface area contributed by atoms with Crippen LogP contribution in [0.25, 0.3) is 17.3 Å². The van der Waals surface area contributed by atoms with E-state index in [1.54, 1.807) is 24.1 Å². The Morgan fingerprint density at radius 1 is 0.923 bits per heavy atom. The highest BCUT2D eigenvalue weighted by Crippen LogP contribution is 2.31.